The third-order valence-corrected chi connectivity index (χ3v) is 6.61. The zero-order valence-corrected chi connectivity index (χ0v) is 18.7. The average Bonchev–Trinajstić information content (AvgIpc) is 3.49. The summed E-state index contributed by atoms with van der Waals surface area (Å²) in [6, 6.07) is 12.2. The van der Waals surface area contributed by atoms with Crippen molar-refractivity contribution in [3.05, 3.63) is 64.8 Å². The van der Waals surface area contributed by atoms with Crippen LogP contribution in [0.2, 0.25) is 0 Å². The highest BCUT2D eigenvalue weighted by atomic mass is 16.1. The van der Waals surface area contributed by atoms with Crippen LogP contribution in [0.3, 0.4) is 0 Å². The lowest BCUT2D eigenvalue weighted by molar-refractivity contribution is 0.277. The SMILES string of the molecule is CC(C)(c1ccc(Nc2nn([C@H]3CCCCC3C#N)c3cc[nH]c(=O)c23)cc1)n1nccn1. The van der Waals surface area contributed by atoms with Crippen molar-refractivity contribution in [2.24, 2.45) is 5.92 Å². The molecular weight excluding hydrogens is 416 g/mol. The van der Waals surface area contributed by atoms with Crippen molar-refractivity contribution in [3.8, 4) is 6.07 Å². The Balaban J connectivity index is 1.50. The Morgan fingerprint density at radius 1 is 1.12 bits per heavy atom. The van der Waals surface area contributed by atoms with Gasteiger partial charge in [-0.05, 0) is 50.5 Å². The Bertz CT molecular complexity index is 1360. The van der Waals surface area contributed by atoms with Crippen LogP contribution in [0.5, 0.6) is 0 Å². The number of nitrogens with zero attached hydrogens (tertiary/aromatic N) is 6. The molecule has 1 fully saturated rings. The van der Waals surface area contributed by atoms with E-state index in [0.29, 0.717) is 11.2 Å². The van der Waals surface area contributed by atoms with Crippen LogP contribution in [0.4, 0.5) is 11.5 Å². The molecule has 3 aromatic heterocycles. The summed E-state index contributed by atoms with van der Waals surface area (Å²) in [6.07, 6.45) is 8.81. The maximum atomic E-state index is 12.7. The van der Waals surface area contributed by atoms with Crippen LogP contribution in [0.1, 0.15) is 51.1 Å². The summed E-state index contributed by atoms with van der Waals surface area (Å²) in [5.74, 6) is 0.390. The van der Waals surface area contributed by atoms with Gasteiger partial charge in [0.25, 0.3) is 5.56 Å². The van der Waals surface area contributed by atoms with E-state index in [2.05, 4.69) is 40.4 Å². The number of fused-ring (bicyclic) bond motifs is 1. The fourth-order valence-electron chi connectivity index (χ4n) is 4.71. The monoisotopic (exact) mass is 442 g/mol. The lowest BCUT2D eigenvalue weighted by Crippen LogP contribution is -2.29. The summed E-state index contributed by atoms with van der Waals surface area (Å²) in [5.41, 5.74) is 2.01. The molecule has 0 amide bonds. The maximum Gasteiger partial charge on any atom is 0.261 e. The number of benzene rings is 1. The molecule has 9 heteroatoms. The van der Waals surface area contributed by atoms with Crippen molar-refractivity contribution in [1.29, 1.82) is 5.26 Å². The standard InChI is InChI=1S/C24H26N8O/c1-24(2,32-27-13-14-28-32)17-7-9-18(10-8-17)29-22-21-20(11-12-26-23(21)33)31(30-22)19-6-4-3-5-16(19)15-25/h7-14,16,19H,3-6H2,1-2H3,(H,26,33)(H,29,30)/t16?,19-/m0/s1. The van der Waals surface area contributed by atoms with Gasteiger partial charge in [-0.15, -0.1) is 0 Å². The van der Waals surface area contributed by atoms with Crippen LogP contribution in [0.25, 0.3) is 10.9 Å². The molecule has 2 atom stereocenters. The van der Waals surface area contributed by atoms with Crippen LogP contribution in [-0.4, -0.2) is 29.8 Å². The molecule has 33 heavy (non-hydrogen) atoms. The molecule has 168 valence electrons. The molecule has 1 saturated carbocycles. The van der Waals surface area contributed by atoms with E-state index in [1.165, 1.54) is 0 Å². The third kappa shape index (κ3) is 3.67. The van der Waals surface area contributed by atoms with Gasteiger partial charge in [0.05, 0.1) is 35.9 Å². The predicted molar refractivity (Wildman–Crippen MR) is 125 cm³/mol. The molecule has 0 bridgehead atoms. The molecule has 0 spiro atoms. The van der Waals surface area contributed by atoms with Gasteiger partial charge in [0.15, 0.2) is 5.82 Å². The lowest BCUT2D eigenvalue weighted by atomic mass is 9.85. The molecule has 1 aliphatic carbocycles. The highest BCUT2D eigenvalue weighted by Crippen LogP contribution is 2.36. The minimum absolute atomic E-state index is 0.0339. The Morgan fingerprint density at radius 3 is 2.58 bits per heavy atom. The first-order chi connectivity index (χ1) is 16.0. The van der Waals surface area contributed by atoms with Gasteiger partial charge < -0.3 is 10.3 Å². The Labute approximate surface area is 191 Å². The number of H-pyrrole nitrogens is 1. The zero-order valence-electron chi connectivity index (χ0n) is 18.7. The van der Waals surface area contributed by atoms with Gasteiger partial charge in [0.2, 0.25) is 0 Å². The van der Waals surface area contributed by atoms with E-state index >= 15 is 0 Å². The number of nitrogens with one attached hydrogen (secondary N) is 2. The Morgan fingerprint density at radius 2 is 1.85 bits per heavy atom. The van der Waals surface area contributed by atoms with Gasteiger partial charge >= 0.3 is 0 Å². The van der Waals surface area contributed by atoms with E-state index in [1.807, 2.05) is 35.0 Å². The first kappa shape index (κ1) is 20.9. The fraction of sp³-hybridized carbons (Fsp3) is 0.375. The zero-order chi connectivity index (χ0) is 23.0. The fourth-order valence-corrected chi connectivity index (χ4v) is 4.71. The molecule has 4 aromatic rings. The first-order valence-electron chi connectivity index (χ1n) is 11.2. The topological polar surface area (TPSA) is 117 Å². The van der Waals surface area contributed by atoms with E-state index in [1.54, 1.807) is 23.4 Å². The molecule has 2 N–H and O–H groups in total. The van der Waals surface area contributed by atoms with Crippen molar-refractivity contribution >= 4 is 22.4 Å². The van der Waals surface area contributed by atoms with Gasteiger partial charge in [0.1, 0.15) is 10.9 Å². The largest absolute Gasteiger partial charge is 0.338 e. The van der Waals surface area contributed by atoms with E-state index in [-0.39, 0.29) is 17.5 Å². The molecule has 0 radical (unpaired) electrons. The van der Waals surface area contributed by atoms with Crippen LogP contribution >= 0.6 is 0 Å². The molecule has 1 aliphatic rings. The second-order valence-corrected chi connectivity index (χ2v) is 9.03. The Kier molecular flexibility index (Phi) is 5.21. The normalized spacial score (nSPS) is 18.8. The van der Waals surface area contributed by atoms with Crippen LogP contribution in [0, 0.1) is 17.2 Å². The van der Waals surface area contributed by atoms with Gasteiger partial charge in [-0.2, -0.15) is 25.4 Å². The third-order valence-electron chi connectivity index (χ3n) is 6.61. The van der Waals surface area contributed by atoms with E-state index < -0.39 is 5.54 Å². The second-order valence-electron chi connectivity index (χ2n) is 9.03. The van der Waals surface area contributed by atoms with E-state index in [0.717, 1.165) is 42.5 Å². The summed E-state index contributed by atoms with van der Waals surface area (Å²) in [7, 11) is 0. The van der Waals surface area contributed by atoms with Crippen molar-refractivity contribution in [2.45, 2.75) is 51.1 Å². The van der Waals surface area contributed by atoms with E-state index in [9.17, 15) is 10.1 Å². The van der Waals surface area contributed by atoms with Crippen molar-refractivity contribution < 1.29 is 0 Å². The minimum atomic E-state index is -0.402. The summed E-state index contributed by atoms with van der Waals surface area (Å²) >= 11 is 0. The number of aromatic nitrogens is 6. The highest BCUT2D eigenvalue weighted by molar-refractivity contribution is 5.91. The van der Waals surface area contributed by atoms with Crippen LogP contribution < -0.4 is 10.9 Å². The number of aromatic amines is 1. The van der Waals surface area contributed by atoms with Gasteiger partial charge in [0, 0.05) is 11.9 Å². The minimum Gasteiger partial charge on any atom is -0.338 e. The smallest absolute Gasteiger partial charge is 0.261 e. The summed E-state index contributed by atoms with van der Waals surface area (Å²) in [4.78, 5) is 17.2. The molecule has 1 aromatic carbocycles. The Hall–Kier alpha value is -3.93. The molecule has 1 unspecified atom stereocenters. The number of nitriles is 1. The van der Waals surface area contributed by atoms with E-state index in [4.69, 9.17) is 5.10 Å². The lowest BCUT2D eigenvalue weighted by Gasteiger charge is -2.27. The van der Waals surface area contributed by atoms with Crippen LogP contribution in [0.15, 0.2) is 53.7 Å². The molecule has 9 nitrogen and oxygen atoms in total. The number of hydrogen-bond acceptors (Lipinski definition) is 6. The van der Waals surface area contributed by atoms with Gasteiger partial charge in [-0.3, -0.25) is 9.48 Å². The number of rotatable bonds is 5. The number of hydrogen-bond donors (Lipinski definition) is 2. The predicted octanol–water partition coefficient (Wildman–Crippen LogP) is 4.10. The molecule has 5 rings (SSSR count). The van der Waals surface area contributed by atoms with Gasteiger partial charge in [-0.25, -0.2) is 0 Å². The molecule has 0 saturated heterocycles. The summed E-state index contributed by atoms with van der Waals surface area (Å²) < 4.78 is 1.88. The van der Waals surface area contributed by atoms with Crippen molar-refractivity contribution in [1.82, 2.24) is 29.8 Å². The van der Waals surface area contributed by atoms with Crippen LogP contribution in [-0.2, 0) is 5.54 Å². The number of anilines is 2. The average molecular weight is 443 g/mol. The summed E-state index contributed by atoms with van der Waals surface area (Å²) in [5, 5.41) is 26.8. The quantitative estimate of drug-likeness (QED) is 0.481. The second kappa shape index (κ2) is 8.20. The molecule has 3 heterocycles. The highest BCUT2D eigenvalue weighted by Gasteiger charge is 2.30. The van der Waals surface area contributed by atoms with Gasteiger partial charge in [-0.1, -0.05) is 25.0 Å². The molecule has 0 aliphatic heterocycles. The maximum absolute atomic E-state index is 12.7. The first-order valence-corrected chi connectivity index (χ1v) is 11.2. The van der Waals surface area contributed by atoms with Crippen molar-refractivity contribution in [3.63, 3.8) is 0 Å². The summed E-state index contributed by atoms with van der Waals surface area (Å²) in [6.45, 7) is 4.11. The molecular formula is C24H26N8O. The van der Waals surface area contributed by atoms with Crippen molar-refractivity contribution in [2.75, 3.05) is 5.32 Å². The number of pyridine rings is 1.